The number of aromatic nitrogens is 1. The zero-order valence-corrected chi connectivity index (χ0v) is 19.1. The Hall–Kier alpha value is -3.00. The number of hydrogen-bond donors (Lipinski definition) is 3. The predicted molar refractivity (Wildman–Crippen MR) is 129 cm³/mol. The molecule has 4 nitrogen and oxygen atoms in total. The van der Waals surface area contributed by atoms with Crippen LogP contribution in [0.2, 0.25) is 0 Å². The van der Waals surface area contributed by atoms with E-state index in [1.807, 2.05) is 41.1 Å². The minimum atomic E-state index is -4.36. The van der Waals surface area contributed by atoms with E-state index in [2.05, 4.69) is 29.8 Å². The van der Waals surface area contributed by atoms with E-state index in [0.717, 1.165) is 47.0 Å². The van der Waals surface area contributed by atoms with Gasteiger partial charge in [-0.15, -0.1) is 0 Å². The molecule has 0 aliphatic heterocycles. The Labute approximate surface area is 191 Å². The van der Waals surface area contributed by atoms with Crippen molar-refractivity contribution in [3.05, 3.63) is 77.5 Å². The Balaban J connectivity index is 2.03. The smallest absolute Gasteiger partial charge is 0.383 e. The molecule has 1 heterocycles. The second-order valence-electron chi connectivity index (χ2n) is 7.93. The number of thiocarbonyl (C=S) groups is 1. The molecule has 1 aromatic heterocycles. The van der Waals surface area contributed by atoms with Gasteiger partial charge < -0.3 is 20.5 Å². The van der Waals surface area contributed by atoms with E-state index in [1.54, 1.807) is 7.05 Å². The molecule has 0 bridgehead atoms. The van der Waals surface area contributed by atoms with Gasteiger partial charge in [-0.2, -0.15) is 13.2 Å². The maximum absolute atomic E-state index is 12.9. The molecule has 0 saturated heterocycles. The third-order valence-electron chi connectivity index (χ3n) is 4.90. The van der Waals surface area contributed by atoms with Gasteiger partial charge in [-0.25, -0.2) is 0 Å². The normalized spacial score (nSPS) is 11.5. The predicted octanol–water partition coefficient (Wildman–Crippen LogP) is 6.26. The highest BCUT2D eigenvalue weighted by Gasteiger charge is 2.30. The van der Waals surface area contributed by atoms with Crippen LogP contribution in [0.4, 0.5) is 30.4 Å². The second kappa shape index (κ2) is 10.1. The number of halogens is 3. The number of nitrogens with zero attached hydrogens (tertiary/aromatic N) is 1. The van der Waals surface area contributed by atoms with Crippen molar-refractivity contribution < 1.29 is 13.2 Å². The van der Waals surface area contributed by atoms with Gasteiger partial charge in [0.1, 0.15) is 10.8 Å². The van der Waals surface area contributed by atoms with Gasteiger partial charge in [-0.1, -0.05) is 56.4 Å². The van der Waals surface area contributed by atoms with Crippen LogP contribution in [0.3, 0.4) is 0 Å². The second-order valence-corrected chi connectivity index (χ2v) is 8.34. The summed E-state index contributed by atoms with van der Waals surface area (Å²) in [6.45, 7) is 5.38. The molecule has 170 valence electrons. The first-order valence-electron chi connectivity index (χ1n) is 10.4. The summed E-state index contributed by atoms with van der Waals surface area (Å²) in [5, 5.41) is 9.94. The molecule has 2 aromatic carbocycles. The number of nitrogens with one attached hydrogen (secondary N) is 3. The Kier molecular flexibility index (Phi) is 7.45. The van der Waals surface area contributed by atoms with E-state index in [1.165, 1.54) is 12.1 Å². The summed E-state index contributed by atoms with van der Waals surface area (Å²) in [6.07, 6.45) is -2.41. The van der Waals surface area contributed by atoms with Gasteiger partial charge >= 0.3 is 6.18 Å². The Morgan fingerprint density at radius 2 is 1.69 bits per heavy atom. The van der Waals surface area contributed by atoms with Crippen molar-refractivity contribution in [2.45, 2.75) is 26.6 Å². The SMILES string of the molecule is CNC(=S)c1c(NCC(C)C)cn(Cc2ccc(C(F)(F)F)cc2)c1Nc1ccccc1. The van der Waals surface area contributed by atoms with Crippen LogP contribution in [0.1, 0.15) is 30.5 Å². The lowest BCUT2D eigenvalue weighted by Gasteiger charge is -2.15. The molecule has 0 aliphatic rings. The minimum Gasteiger partial charge on any atom is -0.383 e. The van der Waals surface area contributed by atoms with Crippen molar-refractivity contribution in [3.8, 4) is 0 Å². The van der Waals surface area contributed by atoms with Crippen LogP contribution in [0.15, 0.2) is 60.8 Å². The summed E-state index contributed by atoms with van der Waals surface area (Å²) in [5.74, 6) is 1.19. The van der Waals surface area contributed by atoms with E-state index >= 15 is 0 Å². The molecular weight excluding hydrogens is 433 g/mol. The number of anilines is 3. The fourth-order valence-corrected chi connectivity index (χ4v) is 3.48. The van der Waals surface area contributed by atoms with E-state index in [-0.39, 0.29) is 0 Å². The molecular formula is C24H27F3N4S. The van der Waals surface area contributed by atoms with Gasteiger partial charge in [0, 0.05) is 32.0 Å². The molecule has 0 unspecified atom stereocenters. The highest BCUT2D eigenvalue weighted by molar-refractivity contribution is 7.80. The zero-order valence-electron chi connectivity index (χ0n) is 18.3. The van der Waals surface area contributed by atoms with Crippen LogP contribution in [0, 0.1) is 5.92 Å². The van der Waals surface area contributed by atoms with Crippen molar-refractivity contribution in [3.63, 3.8) is 0 Å². The third-order valence-corrected chi connectivity index (χ3v) is 5.31. The zero-order chi connectivity index (χ0) is 23.3. The van der Waals surface area contributed by atoms with Crippen molar-refractivity contribution >= 4 is 34.4 Å². The molecule has 0 saturated carbocycles. The largest absolute Gasteiger partial charge is 0.416 e. The summed E-state index contributed by atoms with van der Waals surface area (Å²) < 4.78 is 40.8. The van der Waals surface area contributed by atoms with Gasteiger partial charge in [0.2, 0.25) is 0 Å². The molecule has 0 atom stereocenters. The highest BCUT2D eigenvalue weighted by atomic mass is 32.1. The topological polar surface area (TPSA) is 41.0 Å². The highest BCUT2D eigenvalue weighted by Crippen LogP contribution is 2.33. The van der Waals surface area contributed by atoms with Crippen LogP contribution < -0.4 is 16.0 Å². The van der Waals surface area contributed by atoms with Gasteiger partial charge in [0.05, 0.1) is 16.8 Å². The lowest BCUT2D eigenvalue weighted by molar-refractivity contribution is -0.137. The van der Waals surface area contributed by atoms with Gasteiger partial charge in [0.25, 0.3) is 0 Å². The molecule has 0 aliphatic carbocycles. The Morgan fingerprint density at radius 3 is 2.25 bits per heavy atom. The van der Waals surface area contributed by atoms with Crippen molar-refractivity contribution in [1.82, 2.24) is 9.88 Å². The Bertz CT molecular complexity index is 1040. The van der Waals surface area contributed by atoms with E-state index < -0.39 is 11.7 Å². The van der Waals surface area contributed by atoms with E-state index in [4.69, 9.17) is 12.2 Å². The fraction of sp³-hybridized carbons (Fsp3) is 0.292. The molecule has 0 radical (unpaired) electrons. The van der Waals surface area contributed by atoms with Crippen molar-refractivity contribution in [2.24, 2.45) is 5.92 Å². The first-order valence-corrected chi connectivity index (χ1v) is 10.8. The number of rotatable bonds is 8. The lowest BCUT2D eigenvalue weighted by Crippen LogP contribution is -2.20. The number of para-hydroxylation sites is 1. The quantitative estimate of drug-likeness (QED) is 0.347. The first-order chi connectivity index (χ1) is 15.2. The average Bonchev–Trinajstić information content (AvgIpc) is 3.09. The minimum absolute atomic E-state index is 0.385. The molecule has 0 fully saturated rings. The van der Waals surface area contributed by atoms with E-state index in [0.29, 0.717) is 17.5 Å². The van der Waals surface area contributed by atoms with Gasteiger partial charge in [0.15, 0.2) is 0 Å². The summed E-state index contributed by atoms with van der Waals surface area (Å²) in [6, 6.07) is 14.9. The third kappa shape index (κ3) is 5.82. The number of hydrogen-bond acceptors (Lipinski definition) is 3. The van der Waals surface area contributed by atoms with Crippen LogP contribution in [-0.2, 0) is 12.7 Å². The van der Waals surface area contributed by atoms with Crippen molar-refractivity contribution in [2.75, 3.05) is 24.2 Å². The number of alkyl halides is 3. The molecule has 3 rings (SSSR count). The van der Waals surface area contributed by atoms with Gasteiger partial charge in [-0.05, 0) is 35.7 Å². The lowest BCUT2D eigenvalue weighted by atomic mass is 10.1. The maximum Gasteiger partial charge on any atom is 0.416 e. The first kappa shape index (κ1) is 23.7. The number of benzene rings is 2. The molecule has 32 heavy (non-hydrogen) atoms. The van der Waals surface area contributed by atoms with Crippen LogP contribution in [-0.4, -0.2) is 23.1 Å². The van der Waals surface area contributed by atoms with Crippen LogP contribution in [0.25, 0.3) is 0 Å². The molecule has 0 spiro atoms. The molecule has 8 heteroatoms. The van der Waals surface area contributed by atoms with Crippen LogP contribution in [0.5, 0.6) is 0 Å². The monoisotopic (exact) mass is 460 g/mol. The summed E-state index contributed by atoms with van der Waals surface area (Å²) in [5.41, 5.74) is 2.66. The summed E-state index contributed by atoms with van der Waals surface area (Å²) in [7, 11) is 1.77. The van der Waals surface area contributed by atoms with Gasteiger partial charge in [-0.3, -0.25) is 0 Å². The Morgan fingerprint density at radius 1 is 1.03 bits per heavy atom. The average molecular weight is 461 g/mol. The molecule has 3 N–H and O–H groups in total. The standard InChI is InChI=1S/C24H27F3N4S/c1-16(2)13-29-20-15-31(14-17-9-11-18(12-10-17)24(25,26)27)22(21(20)23(32)28-3)30-19-7-5-4-6-8-19/h4-12,15-16,29-30H,13-14H2,1-3H3,(H,28,32). The van der Waals surface area contributed by atoms with Crippen LogP contribution >= 0.6 is 12.2 Å². The molecule has 0 amide bonds. The maximum atomic E-state index is 12.9. The fourth-order valence-electron chi connectivity index (χ4n) is 3.27. The summed E-state index contributed by atoms with van der Waals surface area (Å²) >= 11 is 5.60. The summed E-state index contributed by atoms with van der Waals surface area (Å²) in [4.78, 5) is 0.570. The molecule has 3 aromatic rings. The van der Waals surface area contributed by atoms with E-state index in [9.17, 15) is 13.2 Å². The van der Waals surface area contributed by atoms with Crippen molar-refractivity contribution in [1.29, 1.82) is 0 Å².